The maximum atomic E-state index is 3.73. The number of rotatable bonds is 0. The molecule has 0 unspecified atom stereocenters. The molecule has 0 fully saturated rings. The summed E-state index contributed by atoms with van der Waals surface area (Å²) in [6.45, 7) is 0. The van der Waals surface area contributed by atoms with Crippen LogP contribution >= 0.6 is 31.9 Å². The van der Waals surface area contributed by atoms with E-state index in [9.17, 15) is 0 Å². The second-order valence-corrected chi connectivity index (χ2v) is 7.74. The number of hydrogen-bond donors (Lipinski definition) is 0. The van der Waals surface area contributed by atoms with Crippen molar-refractivity contribution in [2.24, 2.45) is 0 Å². The van der Waals surface area contributed by atoms with Gasteiger partial charge in [0.25, 0.3) is 0 Å². The Kier molecular flexibility index (Phi) is 5.63. The number of benzene rings is 4. The molecule has 0 nitrogen and oxygen atoms in total. The summed E-state index contributed by atoms with van der Waals surface area (Å²) in [6.07, 6.45) is 0. The lowest BCUT2D eigenvalue weighted by molar-refractivity contribution is 1.55. The molecule has 28 heavy (non-hydrogen) atoms. The fourth-order valence-corrected chi connectivity index (χ4v) is 3.95. The summed E-state index contributed by atoms with van der Waals surface area (Å²) in [5.74, 6) is 13.2. The van der Waals surface area contributed by atoms with Gasteiger partial charge < -0.3 is 0 Å². The van der Waals surface area contributed by atoms with Gasteiger partial charge in [0.1, 0.15) is 0 Å². The van der Waals surface area contributed by atoms with Crippen molar-refractivity contribution in [2.45, 2.75) is 0 Å². The molecule has 0 saturated carbocycles. The van der Waals surface area contributed by atoms with E-state index in [-0.39, 0.29) is 0 Å². The Hall–Kier alpha value is -2.78. The van der Waals surface area contributed by atoms with E-state index in [4.69, 9.17) is 0 Å². The highest BCUT2D eigenvalue weighted by Gasteiger charge is 2.14. The van der Waals surface area contributed by atoms with Crippen LogP contribution in [-0.4, -0.2) is 0 Å². The SMILES string of the molecule is Brc1c(Br)c(C#Cc2ccccc2)c2ccccc2c1C#Cc1ccccc1. The van der Waals surface area contributed by atoms with Crippen LogP contribution in [0.15, 0.2) is 93.9 Å². The van der Waals surface area contributed by atoms with Gasteiger partial charge in [-0.1, -0.05) is 84.3 Å². The summed E-state index contributed by atoms with van der Waals surface area (Å²) in [5.41, 5.74) is 3.89. The van der Waals surface area contributed by atoms with Gasteiger partial charge in [-0.05, 0) is 66.9 Å². The zero-order valence-electron chi connectivity index (χ0n) is 14.8. The monoisotopic (exact) mass is 484 g/mol. The van der Waals surface area contributed by atoms with Crippen molar-refractivity contribution in [3.8, 4) is 23.7 Å². The molecule has 0 saturated heterocycles. The molecular formula is C26H14Br2. The molecule has 4 aromatic rings. The Labute approximate surface area is 181 Å². The van der Waals surface area contributed by atoms with Crippen molar-refractivity contribution in [3.05, 3.63) is 116 Å². The van der Waals surface area contributed by atoms with Crippen LogP contribution in [0.25, 0.3) is 10.8 Å². The highest BCUT2D eigenvalue weighted by Crippen LogP contribution is 2.37. The van der Waals surface area contributed by atoms with Crippen molar-refractivity contribution < 1.29 is 0 Å². The Morgan fingerprint density at radius 3 is 1.18 bits per heavy atom. The highest BCUT2D eigenvalue weighted by molar-refractivity contribution is 9.13. The Morgan fingerprint density at radius 1 is 0.429 bits per heavy atom. The third kappa shape index (κ3) is 3.90. The van der Waals surface area contributed by atoms with Crippen LogP contribution < -0.4 is 0 Å². The van der Waals surface area contributed by atoms with Crippen molar-refractivity contribution in [1.82, 2.24) is 0 Å². The number of hydrogen-bond acceptors (Lipinski definition) is 0. The molecule has 2 heteroatoms. The fraction of sp³-hybridized carbons (Fsp3) is 0. The minimum atomic E-state index is 0.923. The molecule has 0 atom stereocenters. The van der Waals surface area contributed by atoms with E-state index >= 15 is 0 Å². The minimum Gasteiger partial charge on any atom is -0.0622 e. The zero-order valence-corrected chi connectivity index (χ0v) is 18.0. The second-order valence-electron chi connectivity index (χ2n) is 6.16. The molecule has 132 valence electrons. The molecule has 0 aliphatic carbocycles. The first-order valence-corrected chi connectivity index (χ1v) is 10.4. The summed E-state index contributed by atoms with van der Waals surface area (Å²) in [6, 6.07) is 28.3. The van der Waals surface area contributed by atoms with Crippen LogP contribution in [0, 0.1) is 23.7 Å². The van der Waals surface area contributed by atoms with Gasteiger partial charge in [-0.25, -0.2) is 0 Å². The van der Waals surface area contributed by atoms with E-state index in [0.29, 0.717) is 0 Å². The van der Waals surface area contributed by atoms with Crippen LogP contribution in [0.3, 0.4) is 0 Å². The fourth-order valence-electron chi connectivity index (χ4n) is 2.93. The van der Waals surface area contributed by atoms with Gasteiger partial charge >= 0.3 is 0 Å². The first-order valence-electron chi connectivity index (χ1n) is 8.78. The average Bonchev–Trinajstić information content (AvgIpc) is 2.75. The van der Waals surface area contributed by atoms with Gasteiger partial charge in [-0.15, -0.1) is 0 Å². The van der Waals surface area contributed by atoms with E-state index < -0.39 is 0 Å². The first-order chi connectivity index (χ1) is 13.7. The maximum Gasteiger partial charge on any atom is 0.0493 e. The minimum absolute atomic E-state index is 0.923. The second kappa shape index (κ2) is 8.49. The van der Waals surface area contributed by atoms with Crippen molar-refractivity contribution in [1.29, 1.82) is 0 Å². The topological polar surface area (TPSA) is 0 Å². The normalized spacial score (nSPS) is 9.93. The zero-order chi connectivity index (χ0) is 19.3. The van der Waals surface area contributed by atoms with Gasteiger partial charge in [0, 0.05) is 31.2 Å². The highest BCUT2D eigenvalue weighted by atomic mass is 79.9. The van der Waals surface area contributed by atoms with Crippen molar-refractivity contribution in [2.75, 3.05) is 0 Å². The van der Waals surface area contributed by atoms with Crippen LogP contribution in [0.5, 0.6) is 0 Å². The summed E-state index contributed by atoms with van der Waals surface area (Å²) in [4.78, 5) is 0. The number of halogens is 2. The van der Waals surface area contributed by atoms with Crippen molar-refractivity contribution >= 4 is 42.6 Å². The predicted molar refractivity (Wildman–Crippen MR) is 124 cm³/mol. The van der Waals surface area contributed by atoms with E-state index in [0.717, 1.165) is 42.0 Å². The first kappa shape index (κ1) is 18.6. The molecule has 0 aliphatic rings. The Morgan fingerprint density at radius 2 is 0.786 bits per heavy atom. The molecule has 0 spiro atoms. The molecule has 0 aliphatic heterocycles. The van der Waals surface area contributed by atoms with E-state index in [1.54, 1.807) is 0 Å². The largest absolute Gasteiger partial charge is 0.0622 e. The van der Waals surface area contributed by atoms with E-state index in [2.05, 4.69) is 67.7 Å². The molecule has 0 aromatic heterocycles. The van der Waals surface area contributed by atoms with Crippen LogP contribution in [-0.2, 0) is 0 Å². The van der Waals surface area contributed by atoms with Crippen molar-refractivity contribution in [3.63, 3.8) is 0 Å². The lowest BCUT2D eigenvalue weighted by Crippen LogP contribution is -1.91. The smallest absolute Gasteiger partial charge is 0.0493 e. The van der Waals surface area contributed by atoms with Gasteiger partial charge in [0.05, 0.1) is 0 Å². The molecule has 0 N–H and O–H groups in total. The third-order valence-corrected chi connectivity index (χ3v) is 6.43. The standard InChI is InChI=1S/C26H14Br2/c27-25-23(17-15-19-9-3-1-4-10-19)21-13-7-8-14-22(21)24(26(25)28)18-16-20-11-5-2-6-12-20/h1-14H. The van der Waals surface area contributed by atoms with Crippen LogP contribution in [0.4, 0.5) is 0 Å². The number of fused-ring (bicyclic) bond motifs is 1. The van der Waals surface area contributed by atoms with E-state index in [1.807, 2.05) is 72.8 Å². The lowest BCUT2D eigenvalue weighted by Gasteiger charge is -2.10. The molecule has 0 heterocycles. The quantitative estimate of drug-likeness (QED) is 0.232. The van der Waals surface area contributed by atoms with Crippen LogP contribution in [0.1, 0.15) is 22.3 Å². The molecule has 0 radical (unpaired) electrons. The molecule has 4 rings (SSSR count). The molecule has 0 amide bonds. The average molecular weight is 486 g/mol. The Bertz CT molecular complexity index is 1160. The van der Waals surface area contributed by atoms with Gasteiger partial charge in [0.15, 0.2) is 0 Å². The van der Waals surface area contributed by atoms with Crippen LogP contribution in [0.2, 0.25) is 0 Å². The summed E-state index contributed by atoms with van der Waals surface area (Å²) in [5, 5.41) is 2.16. The third-order valence-electron chi connectivity index (χ3n) is 4.31. The van der Waals surface area contributed by atoms with Gasteiger partial charge in [0.2, 0.25) is 0 Å². The maximum absolute atomic E-state index is 3.73. The van der Waals surface area contributed by atoms with E-state index in [1.165, 1.54) is 0 Å². The Balaban J connectivity index is 1.90. The molecule has 0 bridgehead atoms. The lowest BCUT2D eigenvalue weighted by atomic mass is 9.99. The predicted octanol–water partition coefficient (Wildman–Crippen LogP) is 7.16. The summed E-state index contributed by atoms with van der Waals surface area (Å²) >= 11 is 7.47. The molecule has 4 aromatic carbocycles. The van der Waals surface area contributed by atoms with Gasteiger partial charge in [-0.3, -0.25) is 0 Å². The molecular weight excluding hydrogens is 472 g/mol. The van der Waals surface area contributed by atoms with Gasteiger partial charge in [-0.2, -0.15) is 0 Å². The summed E-state index contributed by atoms with van der Waals surface area (Å²) < 4.78 is 1.85. The summed E-state index contributed by atoms with van der Waals surface area (Å²) in [7, 11) is 0.